The van der Waals surface area contributed by atoms with Crippen molar-refractivity contribution in [3.63, 3.8) is 0 Å². The molecule has 3 aliphatic rings. The second kappa shape index (κ2) is 6.16. The number of ether oxygens (including phenoxy) is 1. The van der Waals surface area contributed by atoms with E-state index in [1.807, 2.05) is 18.2 Å². The summed E-state index contributed by atoms with van der Waals surface area (Å²) in [5.41, 5.74) is 1.66. The number of benzene rings is 1. The minimum atomic E-state index is -0.415. The number of amides is 1. The van der Waals surface area contributed by atoms with Crippen LogP contribution in [-0.4, -0.2) is 30.6 Å². The first-order valence-corrected chi connectivity index (χ1v) is 9.07. The van der Waals surface area contributed by atoms with E-state index in [2.05, 4.69) is 16.3 Å². The predicted molar refractivity (Wildman–Crippen MR) is 90.5 cm³/mol. The van der Waals surface area contributed by atoms with Crippen molar-refractivity contribution in [3.8, 4) is 0 Å². The first-order valence-electron chi connectivity index (χ1n) is 9.07. The average Bonchev–Trinajstić information content (AvgIpc) is 2.58. The molecule has 0 radical (unpaired) electrons. The minimum Gasteiger partial charge on any atom is -0.438 e. The zero-order valence-corrected chi connectivity index (χ0v) is 13.7. The van der Waals surface area contributed by atoms with Gasteiger partial charge in [-0.05, 0) is 24.8 Å². The van der Waals surface area contributed by atoms with Gasteiger partial charge in [-0.3, -0.25) is 5.32 Å². The van der Waals surface area contributed by atoms with Crippen LogP contribution in [0.4, 0.5) is 10.5 Å². The molecule has 1 saturated carbocycles. The fourth-order valence-corrected chi connectivity index (χ4v) is 4.56. The van der Waals surface area contributed by atoms with Crippen LogP contribution < -0.4 is 5.32 Å². The fraction of sp³-hybridized carbons (Fsp3) is 0.632. The monoisotopic (exact) mass is 314 g/mol. The predicted octanol–water partition coefficient (Wildman–Crippen LogP) is 4.12. The normalized spacial score (nSPS) is 24.8. The lowest BCUT2D eigenvalue weighted by atomic mass is 9.81. The van der Waals surface area contributed by atoms with E-state index >= 15 is 0 Å². The largest absolute Gasteiger partial charge is 0.438 e. The number of rotatable bonds is 2. The van der Waals surface area contributed by atoms with E-state index in [0.29, 0.717) is 0 Å². The molecule has 0 atom stereocenters. The summed E-state index contributed by atoms with van der Waals surface area (Å²) in [6, 6.07) is 8.09. The van der Waals surface area contributed by atoms with Gasteiger partial charge < -0.3 is 9.64 Å². The molecule has 1 aromatic carbocycles. The van der Waals surface area contributed by atoms with E-state index in [4.69, 9.17) is 4.74 Å². The van der Waals surface area contributed by atoms with Gasteiger partial charge in [0.05, 0.1) is 5.69 Å². The molecule has 2 heterocycles. The summed E-state index contributed by atoms with van der Waals surface area (Å²) in [4.78, 5) is 14.5. The number of fused-ring (bicyclic) bond motifs is 2. The molecule has 1 amide bonds. The second-order valence-electron chi connectivity index (χ2n) is 7.36. The van der Waals surface area contributed by atoms with E-state index in [1.165, 1.54) is 38.6 Å². The van der Waals surface area contributed by atoms with Crippen molar-refractivity contribution in [2.24, 2.45) is 5.92 Å². The molecule has 2 aliphatic heterocycles. The molecular formula is C19H26N2O2. The Morgan fingerprint density at radius 1 is 1.13 bits per heavy atom. The second-order valence-corrected chi connectivity index (χ2v) is 7.36. The van der Waals surface area contributed by atoms with Gasteiger partial charge in [-0.25, -0.2) is 4.79 Å². The highest BCUT2D eigenvalue weighted by Gasteiger charge is 2.44. The standard InChI is InChI=1S/C19H26N2O2/c22-18-20-17-9-5-4-8-16(17)19(23-18)10-12-21(13-11-19)14-15-6-2-1-3-7-15/h4-5,8-9,15H,1-3,6-7,10-14H2,(H,20,22). The summed E-state index contributed by atoms with van der Waals surface area (Å²) in [7, 11) is 0. The quantitative estimate of drug-likeness (QED) is 0.893. The molecule has 4 nitrogen and oxygen atoms in total. The lowest BCUT2D eigenvalue weighted by Crippen LogP contribution is -2.49. The van der Waals surface area contributed by atoms with Crippen LogP contribution in [0.2, 0.25) is 0 Å². The Hall–Kier alpha value is -1.55. The molecule has 1 spiro atoms. The Kier molecular flexibility index (Phi) is 4.02. The van der Waals surface area contributed by atoms with Gasteiger partial charge in [0.2, 0.25) is 0 Å². The molecule has 1 N–H and O–H groups in total. The Morgan fingerprint density at radius 3 is 2.65 bits per heavy atom. The zero-order chi connectivity index (χ0) is 15.7. The summed E-state index contributed by atoms with van der Waals surface area (Å²) in [6.07, 6.45) is 8.52. The number of hydrogen-bond acceptors (Lipinski definition) is 3. The lowest BCUT2D eigenvalue weighted by molar-refractivity contribution is -0.0408. The number of para-hydroxylation sites is 1. The summed E-state index contributed by atoms with van der Waals surface area (Å²) in [5, 5.41) is 2.83. The maximum atomic E-state index is 12.0. The van der Waals surface area contributed by atoms with Crippen LogP contribution in [0.25, 0.3) is 0 Å². The molecule has 4 heteroatoms. The average molecular weight is 314 g/mol. The molecule has 1 aromatic rings. The van der Waals surface area contributed by atoms with Crippen LogP contribution in [0, 0.1) is 5.92 Å². The molecule has 0 bridgehead atoms. The Morgan fingerprint density at radius 2 is 1.87 bits per heavy atom. The molecular weight excluding hydrogens is 288 g/mol. The van der Waals surface area contributed by atoms with Crippen molar-refractivity contribution in [1.82, 2.24) is 4.90 Å². The first kappa shape index (κ1) is 15.0. The highest BCUT2D eigenvalue weighted by Crippen LogP contribution is 2.43. The molecule has 0 aromatic heterocycles. The summed E-state index contributed by atoms with van der Waals surface area (Å²) >= 11 is 0. The van der Waals surface area contributed by atoms with Gasteiger partial charge in [-0.2, -0.15) is 0 Å². The van der Waals surface area contributed by atoms with Crippen molar-refractivity contribution >= 4 is 11.8 Å². The molecule has 1 saturated heterocycles. The Bertz CT molecular complexity index is 572. The number of carbonyl (C=O) groups excluding carboxylic acids is 1. The number of carbonyl (C=O) groups is 1. The molecule has 2 fully saturated rings. The lowest BCUT2D eigenvalue weighted by Gasteiger charge is -2.45. The van der Waals surface area contributed by atoms with Gasteiger partial charge in [0.25, 0.3) is 0 Å². The topological polar surface area (TPSA) is 41.6 Å². The van der Waals surface area contributed by atoms with Crippen LogP contribution in [-0.2, 0) is 10.3 Å². The Balaban J connectivity index is 1.45. The zero-order valence-electron chi connectivity index (χ0n) is 13.7. The van der Waals surface area contributed by atoms with Gasteiger partial charge in [0.1, 0.15) is 5.60 Å². The van der Waals surface area contributed by atoms with Crippen LogP contribution in [0.1, 0.15) is 50.5 Å². The van der Waals surface area contributed by atoms with E-state index in [-0.39, 0.29) is 6.09 Å². The van der Waals surface area contributed by atoms with Gasteiger partial charge in [0.15, 0.2) is 0 Å². The Labute approximate surface area is 138 Å². The molecule has 1 aliphatic carbocycles. The van der Waals surface area contributed by atoms with Crippen molar-refractivity contribution in [2.75, 3.05) is 25.0 Å². The number of piperidine rings is 1. The number of hydrogen-bond donors (Lipinski definition) is 1. The van der Waals surface area contributed by atoms with Gasteiger partial charge in [-0.1, -0.05) is 37.5 Å². The molecule has 124 valence electrons. The molecule has 23 heavy (non-hydrogen) atoms. The summed E-state index contributed by atoms with van der Waals surface area (Å²) in [6.45, 7) is 3.28. The smallest absolute Gasteiger partial charge is 0.412 e. The highest BCUT2D eigenvalue weighted by atomic mass is 16.6. The maximum Gasteiger partial charge on any atom is 0.412 e. The third kappa shape index (κ3) is 2.97. The van der Waals surface area contributed by atoms with Gasteiger partial charge in [-0.15, -0.1) is 0 Å². The number of likely N-dealkylation sites (tertiary alicyclic amines) is 1. The van der Waals surface area contributed by atoms with Crippen molar-refractivity contribution in [3.05, 3.63) is 29.8 Å². The van der Waals surface area contributed by atoms with E-state index in [0.717, 1.165) is 43.1 Å². The maximum absolute atomic E-state index is 12.0. The number of nitrogens with zero attached hydrogens (tertiary/aromatic N) is 1. The fourth-order valence-electron chi connectivity index (χ4n) is 4.56. The van der Waals surface area contributed by atoms with Gasteiger partial charge >= 0.3 is 6.09 Å². The van der Waals surface area contributed by atoms with Crippen LogP contribution in [0.15, 0.2) is 24.3 Å². The third-order valence-electron chi connectivity index (χ3n) is 5.85. The van der Waals surface area contributed by atoms with E-state index in [1.54, 1.807) is 0 Å². The summed E-state index contributed by atoms with van der Waals surface area (Å²) in [5.74, 6) is 0.876. The number of anilines is 1. The van der Waals surface area contributed by atoms with Gasteiger partial charge in [0, 0.05) is 38.0 Å². The SMILES string of the molecule is O=C1Nc2ccccc2C2(CCN(CC3CCCCC3)CC2)O1. The molecule has 0 unspecified atom stereocenters. The van der Waals surface area contributed by atoms with Crippen molar-refractivity contribution in [1.29, 1.82) is 0 Å². The summed E-state index contributed by atoms with van der Waals surface area (Å²) < 4.78 is 5.80. The van der Waals surface area contributed by atoms with E-state index in [9.17, 15) is 4.79 Å². The van der Waals surface area contributed by atoms with Crippen LogP contribution in [0.5, 0.6) is 0 Å². The third-order valence-corrected chi connectivity index (χ3v) is 5.85. The minimum absolute atomic E-state index is 0.301. The first-order chi connectivity index (χ1) is 11.3. The van der Waals surface area contributed by atoms with Crippen LogP contribution in [0.3, 0.4) is 0 Å². The highest BCUT2D eigenvalue weighted by molar-refractivity contribution is 5.88. The molecule has 4 rings (SSSR count). The van der Waals surface area contributed by atoms with Crippen molar-refractivity contribution < 1.29 is 9.53 Å². The van der Waals surface area contributed by atoms with Crippen LogP contribution >= 0.6 is 0 Å². The number of nitrogens with one attached hydrogen (secondary N) is 1. The van der Waals surface area contributed by atoms with Crippen molar-refractivity contribution in [2.45, 2.75) is 50.5 Å². The van der Waals surface area contributed by atoms with E-state index < -0.39 is 5.60 Å².